The molecule has 1 saturated heterocycles. The van der Waals surface area contributed by atoms with Gasteiger partial charge in [-0.1, -0.05) is 37.6 Å². The standard InChI is InChI=1S/C12H15ClFNO.C2H6/c13-10-3-1-9(2-4-10)5-11-8-16-12(6-14)7-15-11;1-2/h1-4,11-12,15H,5-8H2;1-2H3. The smallest absolute Gasteiger partial charge is 0.117 e. The summed E-state index contributed by atoms with van der Waals surface area (Å²) in [5.41, 5.74) is 1.21. The fourth-order valence-corrected chi connectivity index (χ4v) is 1.93. The second-order valence-electron chi connectivity index (χ2n) is 4.05. The maximum atomic E-state index is 12.3. The number of hydrogen-bond donors (Lipinski definition) is 1. The lowest BCUT2D eigenvalue weighted by molar-refractivity contribution is -0.00818. The Morgan fingerprint density at radius 1 is 1.33 bits per heavy atom. The molecule has 1 aliphatic rings. The molecule has 1 aliphatic heterocycles. The normalized spacial score (nSPS) is 23.1. The van der Waals surface area contributed by atoms with Gasteiger partial charge >= 0.3 is 0 Å². The molecule has 0 aliphatic carbocycles. The molecule has 0 amide bonds. The summed E-state index contributed by atoms with van der Waals surface area (Å²) < 4.78 is 17.7. The Morgan fingerprint density at radius 3 is 2.50 bits per heavy atom. The molecule has 102 valence electrons. The molecule has 2 atom stereocenters. The van der Waals surface area contributed by atoms with E-state index in [9.17, 15) is 4.39 Å². The third-order valence-electron chi connectivity index (χ3n) is 2.73. The summed E-state index contributed by atoms with van der Waals surface area (Å²) in [7, 11) is 0. The highest BCUT2D eigenvalue weighted by Gasteiger charge is 2.20. The summed E-state index contributed by atoms with van der Waals surface area (Å²) >= 11 is 5.81. The van der Waals surface area contributed by atoms with Crippen LogP contribution in [0.25, 0.3) is 0 Å². The van der Waals surface area contributed by atoms with Gasteiger partial charge in [0.1, 0.15) is 6.67 Å². The number of morpholine rings is 1. The van der Waals surface area contributed by atoms with Gasteiger partial charge in [-0.15, -0.1) is 0 Å². The first-order valence-corrected chi connectivity index (χ1v) is 6.81. The highest BCUT2D eigenvalue weighted by atomic mass is 35.5. The van der Waals surface area contributed by atoms with Gasteiger partial charge in [0.05, 0.1) is 12.7 Å². The average molecular weight is 274 g/mol. The maximum absolute atomic E-state index is 12.3. The highest BCUT2D eigenvalue weighted by Crippen LogP contribution is 2.12. The minimum absolute atomic E-state index is 0.268. The van der Waals surface area contributed by atoms with Crippen LogP contribution in [0, 0.1) is 0 Å². The molecule has 0 bridgehead atoms. The van der Waals surface area contributed by atoms with E-state index >= 15 is 0 Å². The van der Waals surface area contributed by atoms with Crippen LogP contribution in [0.3, 0.4) is 0 Å². The van der Waals surface area contributed by atoms with E-state index in [2.05, 4.69) is 5.32 Å². The van der Waals surface area contributed by atoms with Gasteiger partial charge in [-0.25, -0.2) is 4.39 Å². The summed E-state index contributed by atoms with van der Waals surface area (Å²) in [5.74, 6) is 0. The molecule has 1 aromatic carbocycles. The minimum atomic E-state index is -0.416. The second-order valence-corrected chi connectivity index (χ2v) is 4.48. The largest absolute Gasteiger partial charge is 0.373 e. The molecular weight excluding hydrogens is 253 g/mol. The van der Waals surface area contributed by atoms with E-state index in [1.807, 2.05) is 38.1 Å². The van der Waals surface area contributed by atoms with Crippen LogP contribution < -0.4 is 5.32 Å². The number of rotatable bonds is 3. The third-order valence-corrected chi connectivity index (χ3v) is 2.99. The third kappa shape index (κ3) is 4.92. The Kier molecular flexibility index (Phi) is 7.25. The Balaban J connectivity index is 0.000000771. The van der Waals surface area contributed by atoms with Crippen LogP contribution in [0.15, 0.2) is 24.3 Å². The molecule has 0 radical (unpaired) electrons. The van der Waals surface area contributed by atoms with Gasteiger partial charge in [0, 0.05) is 17.6 Å². The SMILES string of the molecule is CC.FCC1CNC(Cc2ccc(Cl)cc2)CO1. The van der Waals surface area contributed by atoms with Crippen LogP contribution >= 0.6 is 11.6 Å². The Hall–Kier alpha value is -0.640. The Bertz CT molecular complexity index is 323. The van der Waals surface area contributed by atoms with Crippen molar-refractivity contribution in [2.75, 3.05) is 19.8 Å². The molecule has 0 spiro atoms. The van der Waals surface area contributed by atoms with Crippen molar-refractivity contribution in [3.8, 4) is 0 Å². The summed E-state index contributed by atoms with van der Waals surface area (Å²) in [5, 5.41) is 4.03. The molecule has 0 saturated carbocycles. The van der Waals surface area contributed by atoms with Crippen LogP contribution in [-0.2, 0) is 11.2 Å². The first kappa shape index (κ1) is 15.4. The molecule has 2 rings (SSSR count). The number of alkyl halides is 1. The number of hydrogen-bond acceptors (Lipinski definition) is 2. The van der Waals surface area contributed by atoms with Crippen molar-refractivity contribution in [3.63, 3.8) is 0 Å². The van der Waals surface area contributed by atoms with Gasteiger partial charge in [0.2, 0.25) is 0 Å². The zero-order valence-corrected chi connectivity index (χ0v) is 11.7. The molecule has 4 heteroatoms. The van der Waals surface area contributed by atoms with Crippen molar-refractivity contribution >= 4 is 11.6 Å². The number of ether oxygens (including phenoxy) is 1. The zero-order valence-electron chi connectivity index (χ0n) is 11.0. The zero-order chi connectivity index (χ0) is 13.4. The van der Waals surface area contributed by atoms with Crippen LogP contribution in [0.2, 0.25) is 5.02 Å². The van der Waals surface area contributed by atoms with Crippen molar-refractivity contribution in [1.29, 1.82) is 0 Å². The van der Waals surface area contributed by atoms with E-state index in [1.54, 1.807) is 0 Å². The first-order chi connectivity index (χ1) is 8.78. The predicted molar refractivity (Wildman–Crippen MR) is 74.0 cm³/mol. The van der Waals surface area contributed by atoms with Gasteiger partial charge < -0.3 is 10.1 Å². The lowest BCUT2D eigenvalue weighted by atomic mass is 10.1. The highest BCUT2D eigenvalue weighted by molar-refractivity contribution is 6.30. The van der Waals surface area contributed by atoms with Gasteiger partial charge in [-0.05, 0) is 24.1 Å². The molecule has 1 aromatic rings. The topological polar surface area (TPSA) is 21.3 Å². The molecular formula is C14H21ClFNO. The second kappa shape index (κ2) is 8.46. The number of halogens is 2. The van der Waals surface area contributed by atoms with Crippen molar-refractivity contribution in [3.05, 3.63) is 34.9 Å². The number of nitrogens with one attached hydrogen (secondary N) is 1. The van der Waals surface area contributed by atoms with E-state index in [-0.39, 0.29) is 12.1 Å². The molecule has 1 fully saturated rings. The Morgan fingerprint density at radius 2 is 2.00 bits per heavy atom. The van der Waals surface area contributed by atoms with Gasteiger partial charge in [-0.3, -0.25) is 0 Å². The van der Waals surface area contributed by atoms with Crippen LogP contribution in [0.4, 0.5) is 4.39 Å². The summed E-state index contributed by atoms with van der Waals surface area (Å²) in [6, 6.07) is 8.04. The van der Waals surface area contributed by atoms with Crippen LogP contribution in [-0.4, -0.2) is 32.0 Å². The first-order valence-electron chi connectivity index (χ1n) is 6.43. The van der Waals surface area contributed by atoms with Crippen LogP contribution in [0.5, 0.6) is 0 Å². The summed E-state index contributed by atoms with van der Waals surface area (Å²) in [6.45, 7) is 4.74. The average Bonchev–Trinajstić information content (AvgIpc) is 2.44. The van der Waals surface area contributed by atoms with E-state index in [4.69, 9.17) is 16.3 Å². The molecule has 2 nitrogen and oxygen atoms in total. The monoisotopic (exact) mass is 273 g/mol. The van der Waals surface area contributed by atoms with Gasteiger partial charge in [-0.2, -0.15) is 0 Å². The molecule has 1 N–H and O–H groups in total. The lowest BCUT2D eigenvalue weighted by Crippen LogP contribution is -2.48. The van der Waals surface area contributed by atoms with Crippen molar-refractivity contribution in [1.82, 2.24) is 5.32 Å². The number of benzene rings is 1. The lowest BCUT2D eigenvalue weighted by Gasteiger charge is -2.29. The van der Waals surface area contributed by atoms with Crippen LogP contribution in [0.1, 0.15) is 19.4 Å². The summed E-state index contributed by atoms with van der Waals surface area (Å²) in [6.07, 6.45) is 0.609. The molecule has 1 heterocycles. The van der Waals surface area contributed by atoms with Crippen molar-refractivity contribution in [2.45, 2.75) is 32.4 Å². The molecule has 18 heavy (non-hydrogen) atoms. The van der Waals surface area contributed by atoms with E-state index in [0.29, 0.717) is 13.2 Å². The fraction of sp³-hybridized carbons (Fsp3) is 0.571. The van der Waals surface area contributed by atoms with E-state index in [1.165, 1.54) is 5.56 Å². The van der Waals surface area contributed by atoms with Crippen molar-refractivity contribution < 1.29 is 9.13 Å². The van der Waals surface area contributed by atoms with E-state index < -0.39 is 6.67 Å². The minimum Gasteiger partial charge on any atom is -0.373 e. The van der Waals surface area contributed by atoms with E-state index in [0.717, 1.165) is 11.4 Å². The molecule has 2 unspecified atom stereocenters. The fourth-order valence-electron chi connectivity index (χ4n) is 1.80. The maximum Gasteiger partial charge on any atom is 0.117 e. The van der Waals surface area contributed by atoms with Crippen molar-refractivity contribution in [2.24, 2.45) is 0 Å². The summed E-state index contributed by atoms with van der Waals surface area (Å²) in [4.78, 5) is 0. The van der Waals surface area contributed by atoms with Gasteiger partial charge in [0.15, 0.2) is 0 Å². The molecule has 0 aromatic heterocycles. The quantitative estimate of drug-likeness (QED) is 0.913. The predicted octanol–water partition coefficient (Wildman–Crippen LogP) is 3.24. The Labute approximate surface area is 113 Å². The van der Waals surface area contributed by atoms with Gasteiger partial charge in [0.25, 0.3) is 0 Å².